The van der Waals surface area contributed by atoms with Gasteiger partial charge in [-0.1, -0.05) is 19.1 Å². The highest BCUT2D eigenvalue weighted by atomic mass is 16.4. The molecule has 0 aromatic heterocycles. The molecule has 0 aliphatic heterocycles. The van der Waals surface area contributed by atoms with E-state index in [2.05, 4.69) is 10.6 Å². The number of hydrogen-bond acceptors (Lipinski definition) is 3. The van der Waals surface area contributed by atoms with Crippen molar-refractivity contribution in [1.82, 2.24) is 5.32 Å². The minimum Gasteiger partial charge on any atom is -0.481 e. The Bertz CT molecular complexity index is 515. The summed E-state index contributed by atoms with van der Waals surface area (Å²) in [5, 5.41) is 22.0. The topological polar surface area (TPSA) is 116 Å². The molecule has 0 aliphatic rings. The minimum absolute atomic E-state index is 0.515. The molecule has 2 amide bonds. The van der Waals surface area contributed by atoms with E-state index >= 15 is 0 Å². The summed E-state index contributed by atoms with van der Waals surface area (Å²) in [5.41, 5.74) is 1.53. The maximum absolute atomic E-state index is 11.6. The number of aliphatic carboxylic acids is 2. The third-order valence-corrected chi connectivity index (χ3v) is 2.58. The van der Waals surface area contributed by atoms with Crippen LogP contribution in [0.15, 0.2) is 24.3 Å². The van der Waals surface area contributed by atoms with E-state index in [-0.39, 0.29) is 0 Å². The third kappa shape index (κ3) is 4.97. The highest BCUT2D eigenvalue weighted by molar-refractivity contribution is 5.93. The molecular weight excluding hydrogens is 264 g/mol. The largest absolute Gasteiger partial charge is 0.481 e. The van der Waals surface area contributed by atoms with Crippen LogP contribution in [0.4, 0.5) is 10.5 Å². The van der Waals surface area contributed by atoms with Crippen molar-refractivity contribution in [3.63, 3.8) is 0 Å². The van der Waals surface area contributed by atoms with Crippen molar-refractivity contribution in [2.24, 2.45) is 0 Å². The molecule has 108 valence electrons. The first-order chi connectivity index (χ1) is 9.42. The van der Waals surface area contributed by atoms with E-state index in [1.807, 2.05) is 13.0 Å². The first kappa shape index (κ1) is 15.5. The molecule has 0 heterocycles. The average molecular weight is 280 g/mol. The molecule has 0 bridgehead atoms. The van der Waals surface area contributed by atoms with E-state index in [0.717, 1.165) is 12.0 Å². The van der Waals surface area contributed by atoms with Crippen LogP contribution in [-0.4, -0.2) is 34.2 Å². The van der Waals surface area contributed by atoms with Crippen LogP contribution >= 0.6 is 0 Å². The zero-order valence-corrected chi connectivity index (χ0v) is 10.9. The number of carbonyl (C=O) groups is 3. The second-order valence-corrected chi connectivity index (χ2v) is 4.14. The summed E-state index contributed by atoms with van der Waals surface area (Å²) in [6, 6.07) is 4.85. The maximum Gasteiger partial charge on any atom is 0.326 e. The van der Waals surface area contributed by atoms with Gasteiger partial charge in [0.2, 0.25) is 0 Å². The Labute approximate surface area is 115 Å². The van der Waals surface area contributed by atoms with E-state index in [1.54, 1.807) is 18.2 Å². The number of aryl methyl sites for hydroxylation is 1. The molecule has 0 aliphatic carbocycles. The minimum atomic E-state index is -1.47. The van der Waals surface area contributed by atoms with Gasteiger partial charge < -0.3 is 20.8 Å². The van der Waals surface area contributed by atoms with Crippen molar-refractivity contribution < 1.29 is 24.6 Å². The molecule has 0 saturated carbocycles. The SMILES string of the molecule is CCc1cccc(NC(=O)N[C@H](CC(=O)O)C(=O)O)c1. The fraction of sp³-hybridized carbons (Fsp3) is 0.308. The van der Waals surface area contributed by atoms with Crippen LogP contribution in [0.1, 0.15) is 18.9 Å². The summed E-state index contributed by atoms with van der Waals surface area (Å²) < 4.78 is 0. The normalized spacial score (nSPS) is 11.4. The molecule has 1 aromatic carbocycles. The summed E-state index contributed by atoms with van der Waals surface area (Å²) in [6.45, 7) is 1.96. The Morgan fingerprint density at radius 1 is 1.25 bits per heavy atom. The summed E-state index contributed by atoms with van der Waals surface area (Å²) in [4.78, 5) is 32.9. The summed E-state index contributed by atoms with van der Waals surface area (Å²) >= 11 is 0. The third-order valence-electron chi connectivity index (χ3n) is 2.58. The number of carboxylic acid groups (broad SMARTS) is 2. The molecule has 0 spiro atoms. The van der Waals surface area contributed by atoms with Gasteiger partial charge in [0.15, 0.2) is 0 Å². The van der Waals surface area contributed by atoms with Gasteiger partial charge in [-0.3, -0.25) is 4.79 Å². The highest BCUT2D eigenvalue weighted by Gasteiger charge is 2.22. The first-order valence-corrected chi connectivity index (χ1v) is 6.03. The standard InChI is InChI=1S/C13H16N2O5/c1-2-8-4-3-5-9(6-8)14-13(20)15-10(12(18)19)7-11(16)17/h3-6,10H,2,7H2,1H3,(H,16,17)(H,18,19)(H2,14,15,20)/t10-/m1/s1. The fourth-order valence-electron chi connectivity index (χ4n) is 1.57. The second kappa shape index (κ2) is 7.13. The lowest BCUT2D eigenvalue weighted by atomic mass is 10.1. The lowest BCUT2D eigenvalue weighted by molar-refractivity contribution is -0.145. The Morgan fingerprint density at radius 3 is 2.50 bits per heavy atom. The van der Waals surface area contributed by atoms with Crippen LogP contribution in [0.5, 0.6) is 0 Å². The molecule has 1 rings (SSSR count). The molecule has 0 fully saturated rings. The summed E-state index contributed by atoms with van der Waals surface area (Å²) in [6.07, 6.45) is 0.117. The highest BCUT2D eigenvalue weighted by Crippen LogP contribution is 2.11. The van der Waals surface area contributed by atoms with E-state index in [0.29, 0.717) is 5.69 Å². The monoisotopic (exact) mass is 280 g/mol. The number of carbonyl (C=O) groups excluding carboxylic acids is 1. The quantitative estimate of drug-likeness (QED) is 0.626. The number of carboxylic acids is 2. The molecule has 1 atom stereocenters. The number of benzene rings is 1. The summed E-state index contributed by atoms with van der Waals surface area (Å²) in [7, 11) is 0. The zero-order chi connectivity index (χ0) is 15.1. The molecular formula is C13H16N2O5. The number of rotatable bonds is 6. The van der Waals surface area contributed by atoms with Crippen LogP contribution in [-0.2, 0) is 16.0 Å². The van der Waals surface area contributed by atoms with E-state index in [1.165, 1.54) is 0 Å². The predicted molar refractivity (Wildman–Crippen MR) is 71.7 cm³/mol. The molecule has 7 heteroatoms. The molecule has 0 radical (unpaired) electrons. The van der Waals surface area contributed by atoms with Crippen LogP contribution in [0.3, 0.4) is 0 Å². The zero-order valence-electron chi connectivity index (χ0n) is 10.9. The Hall–Kier alpha value is -2.57. The van der Waals surface area contributed by atoms with Gasteiger partial charge in [0.1, 0.15) is 6.04 Å². The maximum atomic E-state index is 11.6. The smallest absolute Gasteiger partial charge is 0.326 e. The van der Waals surface area contributed by atoms with Gasteiger partial charge in [0.05, 0.1) is 6.42 Å². The van der Waals surface area contributed by atoms with Crippen molar-refractivity contribution in [2.45, 2.75) is 25.8 Å². The van der Waals surface area contributed by atoms with Crippen molar-refractivity contribution >= 4 is 23.7 Å². The van der Waals surface area contributed by atoms with Gasteiger partial charge in [-0.25, -0.2) is 9.59 Å². The summed E-state index contributed by atoms with van der Waals surface area (Å²) in [5.74, 6) is -2.70. The molecule has 20 heavy (non-hydrogen) atoms. The number of hydrogen-bond donors (Lipinski definition) is 4. The number of urea groups is 1. The van der Waals surface area contributed by atoms with Gasteiger partial charge in [-0.05, 0) is 24.1 Å². The van der Waals surface area contributed by atoms with Crippen molar-refractivity contribution in [1.29, 1.82) is 0 Å². The van der Waals surface area contributed by atoms with Crippen LogP contribution in [0.2, 0.25) is 0 Å². The van der Waals surface area contributed by atoms with Crippen LogP contribution in [0, 0.1) is 0 Å². The molecule has 0 saturated heterocycles. The number of nitrogens with one attached hydrogen (secondary N) is 2. The molecule has 4 N–H and O–H groups in total. The molecule has 0 unspecified atom stereocenters. The molecule has 7 nitrogen and oxygen atoms in total. The van der Waals surface area contributed by atoms with Gasteiger partial charge in [-0.2, -0.15) is 0 Å². The molecule has 1 aromatic rings. The number of amides is 2. The average Bonchev–Trinajstić information content (AvgIpc) is 2.37. The number of anilines is 1. The van der Waals surface area contributed by atoms with E-state index in [4.69, 9.17) is 10.2 Å². The first-order valence-electron chi connectivity index (χ1n) is 6.03. The second-order valence-electron chi connectivity index (χ2n) is 4.14. The van der Waals surface area contributed by atoms with Gasteiger partial charge in [-0.15, -0.1) is 0 Å². The van der Waals surface area contributed by atoms with Crippen molar-refractivity contribution in [3.05, 3.63) is 29.8 Å². The van der Waals surface area contributed by atoms with Crippen molar-refractivity contribution in [3.8, 4) is 0 Å². The Kier molecular flexibility index (Phi) is 5.52. The van der Waals surface area contributed by atoms with Crippen LogP contribution in [0.25, 0.3) is 0 Å². The lowest BCUT2D eigenvalue weighted by Crippen LogP contribution is -2.44. The van der Waals surface area contributed by atoms with Gasteiger partial charge in [0, 0.05) is 5.69 Å². The predicted octanol–water partition coefficient (Wildman–Crippen LogP) is 1.30. The fourth-order valence-corrected chi connectivity index (χ4v) is 1.57. The van der Waals surface area contributed by atoms with Gasteiger partial charge in [0.25, 0.3) is 0 Å². The van der Waals surface area contributed by atoms with Gasteiger partial charge >= 0.3 is 18.0 Å². The Morgan fingerprint density at radius 2 is 1.95 bits per heavy atom. The van der Waals surface area contributed by atoms with Crippen LogP contribution < -0.4 is 10.6 Å². The van der Waals surface area contributed by atoms with E-state index < -0.39 is 30.4 Å². The van der Waals surface area contributed by atoms with Crippen molar-refractivity contribution in [2.75, 3.05) is 5.32 Å². The Balaban J connectivity index is 2.65. The lowest BCUT2D eigenvalue weighted by Gasteiger charge is -2.13. The van der Waals surface area contributed by atoms with E-state index in [9.17, 15) is 14.4 Å².